The third kappa shape index (κ3) is 3.36. The summed E-state index contributed by atoms with van der Waals surface area (Å²) in [5.74, 6) is 1.37. The molecule has 1 aliphatic carbocycles. The van der Waals surface area contributed by atoms with Gasteiger partial charge in [0.2, 0.25) is 5.91 Å². The molecule has 3 heteroatoms. The van der Waals surface area contributed by atoms with Crippen molar-refractivity contribution >= 4 is 5.91 Å². The molecule has 2 N–H and O–H groups in total. The molecule has 20 heavy (non-hydrogen) atoms. The Hall–Kier alpha value is -0.570. The van der Waals surface area contributed by atoms with Crippen LogP contribution in [0.2, 0.25) is 0 Å². The maximum absolute atomic E-state index is 12.8. The Morgan fingerprint density at radius 1 is 1.15 bits per heavy atom. The first-order valence-corrected chi connectivity index (χ1v) is 8.58. The van der Waals surface area contributed by atoms with Crippen molar-refractivity contribution in [2.24, 2.45) is 17.3 Å². The summed E-state index contributed by atoms with van der Waals surface area (Å²) in [5.41, 5.74) is -0.182. The molecule has 0 aromatic heterocycles. The Kier molecular flexibility index (Phi) is 5.48. The van der Waals surface area contributed by atoms with Crippen LogP contribution in [0, 0.1) is 17.3 Å². The summed E-state index contributed by atoms with van der Waals surface area (Å²) in [6, 6.07) is 0.330. The van der Waals surface area contributed by atoms with Crippen molar-refractivity contribution in [1.29, 1.82) is 0 Å². The number of carbonyl (C=O) groups excluding carboxylic acids is 1. The lowest BCUT2D eigenvalue weighted by Gasteiger charge is -2.34. The Labute approximate surface area is 124 Å². The van der Waals surface area contributed by atoms with E-state index in [-0.39, 0.29) is 11.3 Å². The van der Waals surface area contributed by atoms with E-state index in [1.807, 2.05) is 0 Å². The topological polar surface area (TPSA) is 41.1 Å². The lowest BCUT2D eigenvalue weighted by Crippen LogP contribution is -2.50. The molecule has 1 aliphatic heterocycles. The van der Waals surface area contributed by atoms with Crippen LogP contribution in [-0.4, -0.2) is 25.0 Å². The van der Waals surface area contributed by atoms with Crippen LogP contribution in [0.1, 0.15) is 65.7 Å². The SMILES string of the molecule is CC(C)C1(C(=O)N[C@@H](C)C2CCCCCC2)CCNC1. The zero-order valence-corrected chi connectivity index (χ0v) is 13.5. The van der Waals surface area contributed by atoms with Gasteiger partial charge in [-0.1, -0.05) is 39.5 Å². The van der Waals surface area contributed by atoms with E-state index in [9.17, 15) is 4.79 Å². The maximum Gasteiger partial charge on any atom is 0.228 e. The van der Waals surface area contributed by atoms with E-state index < -0.39 is 0 Å². The molecule has 2 atom stereocenters. The highest BCUT2D eigenvalue weighted by Crippen LogP contribution is 2.35. The van der Waals surface area contributed by atoms with Gasteiger partial charge in [0.25, 0.3) is 0 Å². The molecule has 2 rings (SSSR count). The van der Waals surface area contributed by atoms with Crippen LogP contribution in [0.4, 0.5) is 0 Å². The molecule has 1 saturated heterocycles. The quantitative estimate of drug-likeness (QED) is 0.777. The smallest absolute Gasteiger partial charge is 0.228 e. The van der Waals surface area contributed by atoms with Gasteiger partial charge in [-0.2, -0.15) is 0 Å². The highest BCUT2D eigenvalue weighted by atomic mass is 16.2. The lowest BCUT2D eigenvalue weighted by atomic mass is 9.75. The Bertz CT molecular complexity index is 313. The molecule has 116 valence electrons. The molecule has 0 radical (unpaired) electrons. The molecule has 3 nitrogen and oxygen atoms in total. The van der Waals surface area contributed by atoms with Crippen molar-refractivity contribution in [3.63, 3.8) is 0 Å². The second kappa shape index (κ2) is 6.93. The fourth-order valence-corrected chi connectivity index (χ4v) is 3.94. The van der Waals surface area contributed by atoms with Crippen LogP contribution in [0.3, 0.4) is 0 Å². The van der Waals surface area contributed by atoms with Crippen molar-refractivity contribution in [2.75, 3.05) is 13.1 Å². The fourth-order valence-electron chi connectivity index (χ4n) is 3.94. The highest BCUT2D eigenvalue weighted by molar-refractivity contribution is 5.83. The summed E-state index contributed by atoms with van der Waals surface area (Å²) in [6.45, 7) is 8.40. The maximum atomic E-state index is 12.8. The van der Waals surface area contributed by atoms with E-state index in [0.29, 0.717) is 17.9 Å². The van der Waals surface area contributed by atoms with Crippen LogP contribution in [-0.2, 0) is 4.79 Å². The number of hydrogen-bond acceptors (Lipinski definition) is 2. The van der Waals surface area contributed by atoms with Crippen LogP contribution < -0.4 is 10.6 Å². The van der Waals surface area contributed by atoms with Gasteiger partial charge < -0.3 is 10.6 Å². The van der Waals surface area contributed by atoms with Crippen LogP contribution >= 0.6 is 0 Å². The number of amides is 1. The van der Waals surface area contributed by atoms with E-state index in [1.54, 1.807) is 0 Å². The van der Waals surface area contributed by atoms with E-state index in [2.05, 4.69) is 31.4 Å². The van der Waals surface area contributed by atoms with Crippen molar-refractivity contribution in [3.05, 3.63) is 0 Å². The molecular weight excluding hydrogens is 248 g/mol. The van der Waals surface area contributed by atoms with Gasteiger partial charge in [0.1, 0.15) is 0 Å². The van der Waals surface area contributed by atoms with E-state index in [0.717, 1.165) is 19.5 Å². The average Bonchev–Trinajstić information content (AvgIpc) is 2.76. The molecule has 0 aromatic rings. The first-order chi connectivity index (χ1) is 9.56. The summed E-state index contributed by atoms with van der Waals surface area (Å²) < 4.78 is 0. The molecule has 0 bridgehead atoms. The predicted molar refractivity (Wildman–Crippen MR) is 83.6 cm³/mol. The summed E-state index contributed by atoms with van der Waals surface area (Å²) >= 11 is 0. The number of carbonyl (C=O) groups is 1. The minimum absolute atomic E-state index is 0.182. The molecule has 1 heterocycles. The van der Waals surface area contributed by atoms with Gasteiger partial charge >= 0.3 is 0 Å². The summed E-state index contributed by atoms with van der Waals surface area (Å²) in [4.78, 5) is 12.8. The van der Waals surface area contributed by atoms with Gasteiger partial charge in [0.15, 0.2) is 0 Å². The molecule has 1 unspecified atom stereocenters. The molecular formula is C17H32N2O. The van der Waals surface area contributed by atoms with Crippen molar-refractivity contribution in [2.45, 2.75) is 71.8 Å². The zero-order chi connectivity index (χ0) is 14.6. The first-order valence-electron chi connectivity index (χ1n) is 8.58. The van der Waals surface area contributed by atoms with Gasteiger partial charge in [-0.05, 0) is 44.6 Å². The molecule has 0 aromatic carbocycles. The Morgan fingerprint density at radius 3 is 2.30 bits per heavy atom. The second-order valence-electron chi connectivity index (χ2n) is 7.25. The van der Waals surface area contributed by atoms with Crippen molar-refractivity contribution in [3.8, 4) is 0 Å². The monoisotopic (exact) mass is 280 g/mol. The van der Waals surface area contributed by atoms with E-state index in [1.165, 1.54) is 38.5 Å². The van der Waals surface area contributed by atoms with Crippen LogP contribution in [0.25, 0.3) is 0 Å². The first kappa shape index (κ1) is 15.8. The second-order valence-corrected chi connectivity index (χ2v) is 7.25. The minimum Gasteiger partial charge on any atom is -0.353 e. The summed E-state index contributed by atoms with van der Waals surface area (Å²) in [5, 5.41) is 6.74. The van der Waals surface area contributed by atoms with Crippen molar-refractivity contribution in [1.82, 2.24) is 10.6 Å². The number of nitrogens with one attached hydrogen (secondary N) is 2. The van der Waals surface area contributed by atoms with Gasteiger partial charge in [-0.25, -0.2) is 0 Å². The van der Waals surface area contributed by atoms with Gasteiger partial charge in [-0.15, -0.1) is 0 Å². The van der Waals surface area contributed by atoms with Crippen molar-refractivity contribution < 1.29 is 4.79 Å². The number of hydrogen-bond donors (Lipinski definition) is 2. The molecule has 1 saturated carbocycles. The molecule has 0 spiro atoms. The van der Waals surface area contributed by atoms with Gasteiger partial charge in [-0.3, -0.25) is 4.79 Å². The largest absolute Gasteiger partial charge is 0.353 e. The third-order valence-corrected chi connectivity index (χ3v) is 5.71. The third-order valence-electron chi connectivity index (χ3n) is 5.71. The molecule has 2 fully saturated rings. The molecule has 2 aliphatic rings. The predicted octanol–water partition coefficient (Wildman–Crippen LogP) is 3.10. The van der Waals surface area contributed by atoms with Gasteiger partial charge in [0.05, 0.1) is 5.41 Å². The zero-order valence-electron chi connectivity index (χ0n) is 13.5. The van der Waals surface area contributed by atoms with Crippen LogP contribution in [0.15, 0.2) is 0 Å². The minimum atomic E-state index is -0.182. The lowest BCUT2D eigenvalue weighted by molar-refractivity contribution is -0.133. The van der Waals surface area contributed by atoms with E-state index in [4.69, 9.17) is 0 Å². The standard InChI is InChI=1S/C17H32N2O/c1-13(2)17(10-11-18-12-17)16(20)19-14(3)15-8-6-4-5-7-9-15/h13-15,18H,4-12H2,1-3H3,(H,19,20)/t14-,17?/m0/s1. The van der Waals surface area contributed by atoms with Gasteiger partial charge in [0, 0.05) is 12.6 Å². The Balaban J connectivity index is 1.95. The Morgan fingerprint density at radius 2 is 1.80 bits per heavy atom. The normalized spacial score (nSPS) is 30.2. The average molecular weight is 280 g/mol. The van der Waals surface area contributed by atoms with Crippen LogP contribution in [0.5, 0.6) is 0 Å². The highest BCUT2D eigenvalue weighted by Gasteiger charge is 2.44. The molecule has 1 amide bonds. The van der Waals surface area contributed by atoms with E-state index >= 15 is 0 Å². The number of rotatable bonds is 4. The summed E-state index contributed by atoms with van der Waals surface area (Å²) in [7, 11) is 0. The fraction of sp³-hybridized carbons (Fsp3) is 0.941. The summed E-state index contributed by atoms with van der Waals surface area (Å²) in [6.07, 6.45) is 8.97.